The standard InChI is InChI=1S/C14H26O2.C14H20O2.C14H14O2/c3*15-9-11-1-5-13(6-2-11)14-7-3-12(10-16)4-8-14/h11-16H,1-10H2;1-2,5-6,12,14-16H,3-4,7-10H2;1-8,15-16H,9-10H2. The molecule has 0 aromatic heterocycles. The lowest BCUT2D eigenvalue weighted by Gasteiger charge is -2.37. The van der Waals surface area contributed by atoms with Crippen molar-refractivity contribution in [2.45, 2.75) is 103 Å². The fourth-order valence-electron chi connectivity index (χ4n) is 7.86. The van der Waals surface area contributed by atoms with Gasteiger partial charge in [0.2, 0.25) is 0 Å². The summed E-state index contributed by atoms with van der Waals surface area (Å²) in [5, 5.41) is 54.2. The monoisotopic (exact) mass is 660 g/mol. The van der Waals surface area contributed by atoms with Crippen LogP contribution in [0.15, 0.2) is 72.8 Å². The predicted octanol–water partition coefficient (Wildman–Crippen LogP) is 7.37. The lowest BCUT2D eigenvalue weighted by atomic mass is 9.69. The van der Waals surface area contributed by atoms with Crippen molar-refractivity contribution < 1.29 is 30.6 Å². The first kappa shape index (κ1) is 38.2. The zero-order chi connectivity index (χ0) is 34.1. The lowest BCUT2D eigenvalue weighted by molar-refractivity contribution is 0.101. The lowest BCUT2D eigenvalue weighted by Crippen LogP contribution is -2.27. The summed E-state index contributed by atoms with van der Waals surface area (Å²) in [4.78, 5) is 0. The molecule has 3 fully saturated rings. The summed E-state index contributed by atoms with van der Waals surface area (Å²) >= 11 is 0. The van der Waals surface area contributed by atoms with Crippen molar-refractivity contribution >= 4 is 0 Å². The second kappa shape index (κ2) is 20.8. The smallest absolute Gasteiger partial charge is 0.0681 e. The van der Waals surface area contributed by atoms with Crippen LogP contribution in [-0.2, 0) is 19.8 Å². The first-order chi connectivity index (χ1) is 23.5. The van der Waals surface area contributed by atoms with E-state index in [2.05, 4.69) is 12.1 Å². The Morgan fingerprint density at radius 3 is 0.938 bits per heavy atom. The van der Waals surface area contributed by atoms with Gasteiger partial charge in [-0.05, 0) is 146 Å². The first-order valence-electron chi connectivity index (χ1n) is 18.4. The number of aliphatic hydroxyl groups is 6. The highest BCUT2D eigenvalue weighted by atomic mass is 16.3. The van der Waals surface area contributed by atoms with E-state index in [1.54, 1.807) is 0 Å². The van der Waals surface area contributed by atoms with E-state index in [4.69, 9.17) is 30.6 Å². The molecule has 3 saturated carbocycles. The van der Waals surface area contributed by atoms with E-state index >= 15 is 0 Å². The molecule has 3 aliphatic rings. The molecule has 3 aromatic rings. The molecule has 6 heteroatoms. The van der Waals surface area contributed by atoms with Gasteiger partial charge in [0, 0.05) is 19.8 Å². The average molecular weight is 661 g/mol. The van der Waals surface area contributed by atoms with Crippen LogP contribution in [0.3, 0.4) is 0 Å². The van der Waals surface area contributed by atoms with Gasteiger partial charge in [-0.15, -0.1) is 0 Å². The van der Waals surface area contributed by atoms with Crippen molar-refractivity contribution in [1.29, 1.82) is 0 Å². The van der Waals surface area contributed by atoms with E-state index in [-0.39, 0.29) is 19.8 Å². The second-order valence-corrected chi connectivity index (χ2v) is 14.4. The number of rotatable bonds is 9. The molecule has 0 spiro atoms. The van der Waals surface area contributed by atoms with Gasteiger partial charge in [-0.25, -0.2) is 0 Å². The fraction of sp³-hybridized carbons (Fsp3) is 0.571. The van der Waals surface area contributed by atoms with E-state index in [9.17, 15) is 0 Å². The van der Waals surface area contributed by atoms with Gasteiger partial charge in [0.15, 0.2) is 0 Å². The zero-order valence-electron chi connectivity index (χ0n) is 28.8. The Morgan fingerprint density at radius 1 is 0.354 bits per heavy atom. The third kappa shape index (κ3) is 11.8. The maximum absolute atomic E-state index is 9.13. The van der Waals surface area contributed by atoms with E-state index in [1.807, 2.05) is 60.7 Å². The average Bonchev–Trinajstić information content (AvgIpc) is 3.18. The molecule has 3 aliphatic carbocycles. The molecule has 0 saturated heterocycles. The van der Waals surface area contributed by atoms with Gasteiger partial charge >= 0.3 is 0 Å². The Hall–Kier alpha value is -2.58. The Balaban J connectivity index is 0.000000163. The van der Waals surface area contributed by atoms with Gasteiger partial charge in [-0.1, -0.05) is 72.8 Å². The van der Waals surface area contributed by atoms with Crippen LogP contribution in [0.1, 0.15) is 105 Å². The van der Waals surface area contributed by atoms with Gasteiger partial charge in [0.1, 0.15) is 0 Å². The van der Waals surface area contributed by atoms with Gasteiger partial charge in [-0.3, -0.25) is 0 Å². The molecule has 48 heavy (non-hydrogen) atoms. The van der Waals surface area contributed by atoms with Gasteiger partial charge < -0.3 is 30.6 Å². The van der Waals surface area contributed by atoms with Crippen LogP contribution in [-0.4, -0.2) is 50.5 Å². The second-order valence-electron chi connectivity index (χ2n) is 14.4. The Labute approximate surface area is 288 Å². The molecule has 6 N–H and O–H groups in total. The molecule has 3 aromatic carbocycles. The minimum atomic E-state index is 0.0731. The summed E-state index contributed by atoms with van der Waals surface area (Å²) in [6, 6.07) is 23.9. The molecule has 0 bridgehead atoms. The highest BCUT2D eigenvalue weighted by Gasteiger charge is 2.30. The summed E-state index contributed by atoms with van der Waals surface area (Å²) in [5.41, 5.74) is 6.41. The van der Waals surface area contributed by atoms with Crippen LogP contribution in [0, 0.1) is 29.6 Å². The summed E-state index contributed by atoms with van der Waals surface area (Å²) in [6.07, 6.45) is 14.9. The molecule has 0 radical (unpaired) electrons. The minimum Gasteiger partial charge on any atom is -0.396 e. The molecule has 0 atom stereocenters. The number of benzene rings is 3. The molecular formula is C42H60O6. The third-order valence-corrected chi connectivity index (χ3v) is 11.3. The van der Waals surface area contributed by atoms with Crippen molar-refractivity contribution in [2.24, 2.45) is 29.6 Å². The third-order valence-electron chi connectivity index (χ3n) is 11.3. The number of aliphatic hydroxyl groups excluding tert-OH is 6. The zero-order valence-corrected chi connectivity index (χ0v) is 28.8. The van der Waals surface area contributed by atoms with Crippen LogP contribution in [0.2, 0.25) is 0 Å². The summed E-state index contributed by atoms with van der Waals surface area (Å²) in [5.74, 6) is 4.18. The number of hydrogen-bond acceptors (Lipinski definition) is 6. The fourth-order valence-corrected chi connectivity index (χ4v) is 7.86. The Bertz CT molecular complexity index is 1180. The maximum Gasteiger partial charge on any atom is 0.0681 e. The maximum atomic E-state index is 9.13. The predicted molar refractivity (Wildman–Crippen MR) is 193 cm³/mol. The molecular weight excluding hydrogens is 600 g/mol. The van der Waals surface area contributed by atoms with Crippen LogP contribution in [0.5, 0.6) is 0 Å². The largest absolute Gasteiger partial charge is 0.396 e. The molecule has 264 valence electrons. The minimum absolute atomic E-state index is 0.0731. The van der Waals surface area contributed by atoms with E-state index in [1.165, 1.54) is 69.8 Å². The number of hydrogen-bond donors (Lipinski definition) is 6. The van der Waals surface area contributed by atoms with Crippen LogP contribution < -0.4 is 0 Å². The van der Waals surface area contributed by atoms with Crippen molar-refractivity contribution in [1.82, 2.24) is 0 Å². The van der Waals surface area contributed by atoms with Crippen molar-refractivity contribution in [3.05, 3.63) is 95.1 Å². The van der Waals surface area contributed by atoms with Gasteiger partial charge in [0.25, 0.3) is 0 Å². The Morgan fingerprint density at radius 2 is 0.646 bits per heavy atom. The van der Waals surface area contributed by atoms with Crippen molar-refractivity contribution in [3.8, 4) is 11.1 Å². The SMILES string of the molecule is OCC1CCC(C2CCC(CO)CC2)CC1.OCc1ccc(-c2ccc(CO)cc2)cc1.OCc1ccc(C2CCC(CO)CC2)cc1. The molecule has 0 heterocycles. The van der Waals surface area contributed by atoms with E-state index in [0.29, 0.717) is 43.5 Å². The van der Waals surface area contributed by atoms with Crippen molar-refractivity contribution in [3.63, 3.8) is 0 Å². The topological polar surface area (TPSA) is 121 Å². The van der Waals surface area contributed by atoms with Gasteiger partial charge in [-0.2, -0.15) is 0 Å². The normalized spacial score (nSPS) is 25.6. The van der Waals surface area contributed by atoms with Crippen LogP contribution in [0.4, 0.5) is 0 Å². The highest BCUT2D eigenvalue weighted by Crippen LogP contribution is 2.41. The first-order valence-corrected chi connectivity index (χ1v) is 18.4. The van der Waals surface area contributed by atoms with Crippen molar-refractivity contribution in [2.75, 3.05) is 19.8 Å². The highest BCUT2D eigenvalue weighted by molar-refractivity contribution is 5.63. The van der Waals surface area contributed by atoms with E-state index < -0.39 is 0 Å². The molecule has 0 aliphatic heterocycles. The Kier molecular flexibility index (Phi) is 16.6. The summed E-state index contributed by atoms with van der Waals surface area (Å²) in [6.45, 7) is 1.40. The van der Waals surface area contributed by atoms with Gasteiger partial charge in [0.05, 0.1) is 19.8 Å². The quantitative estimate of drug-likeness (QED) is 0.143. The van der Waals surface area contributed by atoms with Crippen LogP contribution >= 0.6 is 0 Å². The summed E-state index contributed by atoms with van der Waals surface area (Å²) in [7, 11) is 0. The molecule has 0 unspecified atom stereocenters. The summed E-state index contributed by atoms with van der Waals surface area (Å²) < 4.78 is 0. The van der Waals surface area contributed by atoms with E-state index in [0.717, 1.165) is 52.5 Å². The molecule has 0 amide bonds. The molecule has 6 nitrogen and oxygen atoms in total. The molecule has 6 rings (SSSR count). The van der Waals surface area contributed by atoms with Crippen LogP contribution in [0.25, 0.3) is 11.1 Å².